The molecule has 4 nitrogen and oxygen atoms in total. The monoisotopic (exact) mass is 505 g/mol. The Bertz CT molecular complexity index is 1340. The fourth-order valence-corrected chi connectivity index (χ4v) is 6.56. The molecule has 2 aliphatic rings. The normalized spacial score (nSPS) is 18.8. The van der Waals surface area contributed by atoms with Gasteiger partial charge in [-0.25, -0.2) is 4.99 Å². The van der Waals surface area contributed by atoms with Gasteiger partial charge in [-0.15, -0.1) is 0 Å². The maximum Gasteiger partial charge on any atom is 0.269 e. The minimum Gasteiger partial charge on any atom is -0.337 e. The van der Waals surface area contributed by atoms with Crippen molar-refractivity contribution in [3.05, 3.63) is 98.4 Å². The molecule has 0 saturated carbocycles. The molecule has 0 bridgehead atoms. The highest BCUT2D eigenvalue weighted by molar-refractivity contribution is 8.19. The summed E-state index contributed by atoms with van der Waals surface area (Å²) in [5.41, 5.74) is 5.39. The summed E-state index contributed by atoms with van der Waals surface area (Å²) < 4.78 is 0. The molecule has 7 heteroatoms. The highest BCUT2D eigenvalue weighted by Crippen LogP contribution is 2.50. The Labute approximate surface area is 213 Å². The van der Waals surface area contributed by atoms with E-state index in [1.165, 1.54) is 22.9 Å². The van der Waals surface area contributed by atoms with E-state index >= 15 is 0 Å². The van der Waals surface area contributed by atoms with Gasteiger partial charge in [0.15, 0.2) is 5.17 Å². The Morgan fingerprint density at radius 3 is 2.53 bits per heavy atom. The third-order valence-electron chi connectivity index (χ3n) is 5.89. The van der Waals surface area contributed by atoms with Crippen molar-refractivity contribution in [2.24, 2.45) is 4.99 Å². The van der Waals surface area contributed by atoms with Gasteiger partial charge in [-0.2, -0.15) is 0 Å². The maximum atomic E-state index is 13.7. The summed E-state index contributed by atoms with van der Waals surface area (Å²) in [4.78, 5) is 24.4. The van der Waals surface area contributed by atoms with Crippen molar-refractivity contribution in [3.8, 4) is 0 Å². The molecule has 34 heavy (non-hydrogen) atoms. The highest BCUT2D eigenvalue weighted by Gasteiger charge is 2.39. The van der Waals surface area contributed by atoms with Crippen molar-refractivity contribution in [2.45, 2.75) is 25.2 Å². The van der Waals surface area contributed by atoms with Gasteiger partial charge in [-0.1, -0.05) is 71.4 Å². The number of carbonyl (C=O) groups excluding carboxylic acids is 1. The van der Waals surface area contributed by atoms with Gasteiger partial charge < -0.3 is 4.90 Å². The van der Waals surface area contributed by atoms with Gasteiger partial charge in [-0.05, 0) is 67.4 Å². The van der Waals surface area contributed by atoms with Crippen LogP contribution in [0.1, 0.15) is 16.7 Å². The summed E-state index contributed by atoms with van der Waals surface area (Å²) in [6.07, 6.45) is 0.764. The van der Waals surface area contributed by atoms with Gasteiger partial charge in [0.25, 0.3) is 5.91 Å². The van der Waals surface area contributed by atoms with E-state index in [0.29, 0.717) is 16.5 Å². The van der Waals surface area contributed by atoms with Crippen molar-refractivity contribution in [2.75, 3.05) is 18.5 Å². The van der Waals surface area contributed by atoms with Crippen LogP contribution in [0.5, 0.6) is 0 Å². The smallest absolute Gasteiger partial charge is 0.269 e. The van der Waals surface area contributed by atoms with E-state index in [0.717, 1.165) is 38.5 Å². The molecule has 1 fully saturated rings. The summed E-state index contributed by atoms with van der Waals surface area (Å²) in [5.74, 6) is -0.00213. The third-order valence-corrected chi connectivity index (χ3v) is 8.55. The number of thioether (sulfide) groups is 2. The Morgan fingerprint density at radius 1 is 0.971 bits per heavy atom. The largest absolute Gasteiger partial charge is 0.337 e. The number of carbonyl (C=O) groups is 1. The minimum absolute atomic E-state index is 0.00213. The Morgan fingerprint density at radius 2 is 1.76 bits per heavy atom. The molecule has 5 rings (SSSR count). The van der Waals surface area contributed by atoms with Crippen LogP contribution < -0.4 is 4.90 Å². The summed E-state index contributed by atoms with van der Waals surface area (Å²) in [5, 5.41) is 2.32. The molecule has 0 atom stereocenters. The lowest BCUT2D eigenvalue weighted by Crippen LogP contribution is -2.31. The number of fused-ring (bicyclic) bond motifs is 1. The number of nitrogens with zero attached hydrogens (tertiary/aromatic N) is 3. The molecule has 0 aromatic heterocycles. The summed E-state index contributed by atoms with van der Waals surface area (Å²) in [6, 6.07) is 22.3. The van der Waals surface area contributed by atoms with Crippen LogP contribution in [0.2, 0.25) is 5.02 Å². The zero-order valence-electron chi connectivity index (χ0n) is 19.2. The number of rotatable bonds is 4. The van der Waals surface area contributed by atoms with Crippen LogP contribution in [-0.2, 0) is 11.2 Å². The van der Waals surface area contributed by atoms with E-state index in [1.807, 2.05) is 54.4 Å². The zero-order chi connectivity index (χ0) is 23.8. The fraction of sp³-hybridized carbons (Fsp3) is 0.185. The van der Waals surface area contributed by atoms with Gasteiger partial charge >= 0.3 is 0 Å². The summed E-state index contributed by atoms with van der Waals surface area (Å²) in [6.45, 7) is 4.70. The van der Waals surface area contributed by atoms with Crippen molar-refractivity contribution >= 4 is 57.6 Å². The molecule has 1 saturated heterocycles. The van der Waals surface area contributed by atoms with Gasteiger partial charge in [0.2, 0.25) is 0 Å². The summed E-state index contributed by atoms with van der Waals surface area (Å²) in [7, 11) is 1.99. The average molecular weight is 506 g/mol. The van der Waals surface area contributed by atoms with Crippen LogP contribution in [0.15, 0.2) is 86.6 Å². The van der Waals surface area contributed by atoms with Crippen LogP contribution in [0.25, 0.3) is 0 Å². The predicted molar refractivity (Wildman–Crippen MR) is 145 cm³/mol. The minimum atomic E-state index is -0.00213. The fourth-order valence-electron chi connectivity index (χ4n) is 4.05. The van der Waals surface area contributed by atoms with Crippen molar-refractivity contribution < 1.29 is 4.79 Å². The van der Waals surface area contributed by atoms with Gasteiger partial charge in [0.1, 0.15) is 4.91 Å². The topological polar surface area (TPSA) is 35.9 Å². The van der Waals surface area contributed by atoms with E-state index in [2.05, 4.69) is 43.0 Å². The summed E-state index contributed by atoms with van der Waals surface area (Å²) >= 11 is 9.30. The Balaban J connectivity index is 1.52. The molecule has 2 heterocycles. The lowest BCUT2D eigenvalue weighted by molar-refractivity contribution is -0.122. The molecule has 0 unspecified atom stereocenters. The number of amidine groups is 1. The second-order valence-corrected chi connectivity index (χ2v) is 10.8. The molecule has 172 valence electrons. The lowest BCUT2D eigenvalue weighted by Gasteiger charge is -2.17. The Kier molecular flexibility index (Phi) is 6.47. The van der Waals surface area contributed by atoms with Crippen molar-refractivity contribution in [3.63, 3.8) is 0 Å². The van der Waals surface area contributed by atoms with Crippen molar-refractivity contribution in [1.29, 1.82) is 0 Å². The van der Waals surface area contributed by atoms with E-state index in [-0.39, 0.29) is 5.91 Å². The first-order chi connectivity index (χ1) is 16.4. The number of aryl methyl sites for hydroxylation is 2. The second-order valence-electron chi connectivity index (χ2n) is 8.39. The number of anilines is 1. The molecule has 0 N–H and O–H groups in total. The number of hydrogen-bond donors (Lipinski definition) is 0. The molecular weight excluding hydrogens is 482 g/mol. The number of hydrogen-bond acceptors (Lipinski definition) is 5. The molecule has 0 radical (unpaired) electrons. The van der Waals surface area contributed by atoms with Crippen LogP contribution >= 0.6 is 35.1 Å². The number of amides is 1. The van der Waals surface area contributed by atoms with Gasteiger partial charge in [-0.3, -0.25) is 9.69 Å². The first kappa shape index (κ1) is 23.1. The molecular formula is C27H24ClN3OS2. The molecule has 2 aliphatic heterocycles. The standard InChI is InChI=1S/C27H24ClN3OS2/c1-17-9-11-21(18(2)15-17)29-27-31(14-13-19-7-5-4-6-8-19)25(32)24(34-27)26-30(3)22-16-20(28)10-12-23(22)33-26/h4-12,15-16H,13-14H2,1-3H3. The van der Waals surface area contributed by atoms with E-state index in [4.69, 9.17) is 16.6 Å². The molecule has 3 aromatic carbocycles. The molecule has 0 aliphatic carbocycles. The van der Waals surface area contributed by atoms with Crippen LogP contribution in [-0.4, -0.2) is 29.6 Å². The number of halogens is 1. The molecule has 1 amide bonds. The van der Waals surface area contributed by atoms with Crippen LogP contribution in [0.3, 0.4) is 0 Å². The number of aliphatic imine (C=N–C) groups is 1. The highest BCUT2D eigenvalue weighted by atomic mass is 35.5. The quantitative estimate of drug-likeness (QED) is 0.352. The molecule has 0 spiro atoms. The van der Waals surface area contributed by atoms with Gasteiger partial charge in [0.05, 0.1) is 16.4 Å². The third kappa shape index (κ3) is 4.50. The van der Waals surface area contributed by atoms with Gasteiger partial charge in [0, 0.05) is 23.5 Å². The van der Waals surface area contributed by atoms with Crippen LogP contribution in [0.4, 0.5) is 11.4 Å². The second kappa shape index (κ2) is 9.53. The zero-order valence-corrected chi connectivity index (χ0v) is 21.6. The first-order valence-electron chi connectivity index (χ1n) is 11.1. The maximum absolute atomic E-state index is 13.7. The van der Waals surface area contributed by atoms with E-state index in [1.54, 1.807) is 11.8 Å². The van der Waals surface area contributed by atoms with Crippen LogP contribution in [0, 0.1) is 13.8 Å². The van der Waals surface area contributed by atoms with E-state index in [9.17, 15) is 4.79 Å². The average Bonchev–Trinajstić information content (AvgIpc) is 3.31. The first-order valence-corrected chi connectivity index (χ1v) is 13.1. The SMILES string of the molecule is Cc1ccc(N=C2SC(=C3Sc4ccc(Cl)cc4N3C)C(=O)N2CCc2ccccc2)c(C)c1. The van der Waals surface area contributed by atoms with E-state index < -0.39 is 0 Å². The van der Waals surface area contributed by atoms with Crippen molar-refractivity contribution in [1.82, 2.24) is 4.90 Å². The molecule has 3 aromatic rings. The Hall–Kier alpha value is -2.67. The predicted octanol–water partition coefficient (Wildman–Crippen LogP) is 7.17. The number of benzene rings is 3. The lowest BCUT2D eigenvalue weighted by atomic mass is 10.1.